The van der Waals surface area contributed by atoms with Gasteiger partial charge in [0.15, 0.2) is 0 Å². The lowest BCUT2D eigenvalue weighted by Gasteiger charge is -2.26. The third-order valence-corrected chi connectivity index (χ3v) is 2.43. The minimum atomic E-state index is -0.107. The van der Waals surface area contributed by atoms with Gasteiger partial charge in [0.05, 0.1) is 5.71 Å². The van der Waals surface area contributed by atoms with Crippen molar-refractivity contribution in [2.45, 2.75) is 19.4 Å². The second kappa shape index (κ2) is 4.23. The summed E-state index contributed by atoms with van der Waals surface area (Å²) in [5.41, 5.74) is 1.81. The largest absolute Gasteiger partial charge is 0.287 e. The Balaban J connectivity index is 2.35. The van der Waals surface area contributed by atoms with E-state index >= 15 is 0 Å². The highest BCUT2D eigenvalue weighted by Gasteiger charge is 2.23. The van der Waals surface area contributed by atoms with Crippen LogP contribution in [0.3, 0.4) is 0 Å². The maximum Gasteiger partial charge on any atom is 0.139 e. The highest BCUT2D eigenvalue weighted by atomic mass is 16.5. The molecule has 2 rings (SSSR count). The van der Waals surface area contributed by atoms with Crippen molar-refractivity contribution in [3.8, 4) is 0 Å². The van der Waals surface area contributed by atoms with Gasteiger partial charge in [0, 0.05) is 5.56 Å². The summed E-state index contributed by atoms with van der Waals surface area (Å²) in [6.45, 7) is 2.01. The highest BCUT2D eigenvalue weighted by Crippen LogP contribution is 2.14. The van der Waals surface area contributed by atoms with E-state index in [1.54, 1.807) is 0 Å². The van der Waals surface area contributed by atoms with Gasteiger partial charge in [-0.2, -0.15) is 5.10 Å². The van der Waals surface area contributed by atoms with Crippen LogP contribution in [0.2, 0.25) is 0 Å². The number of hydrogen-bond donors (Lipinski definition) is 1. The molecule has 1 atom stereocenters. The highest BCUT2D eigenvalue weighted by molar-refractivity contribution is 6.05. The van der Waals surface area contributed by atoms with Crippen molar-refractivity contribution in [3.63, 3.8) is 0 Å². The van der Waals surface area contributed by atoms with E-state index in [4.69, 9.17) is 0 Å². The van der Waals surface area contributed by atoms with Crippen molar-refractivity contribution in [2.75, 3.05) is 0 Å². The lowest BCUT2D eigenvalue weighted by molar-refractivity contribution is -0.0288. The average Bonchev–Trinajstić information content (AvgIpc) is 2.30. The first-order chi connectivity index (χ1) is 7.33. The predicted octanol–water partition coefficient (Wildman–Crippen LogP) is 1.90. The molecule has 1 N–H and O–H groups in total. The zero-order valence-electron chi connectivity index (χ0n) is 8.54. The SMILES string of the molecule is CC[C@@H]1C(c2ccccc2)=NN=CN1O. The molecule has 0 bridgehead atoms. The fraction of sp³-hybridized carbons (Fsp3) is 0.273. The van der Waals surface area contributed by atoms with Crippen LogP contribution in [0.1, 0.15) is 18.9 Å². The van der Waals surface area contributed by atoms with Gasteiger partial charge in [0.2, 0.25) is 0 Å². The van der Waals surface area contributed by atoms with Gasteiger partial charge < -0.3 is 0 Å². The molecule has 1 aliphatic heterocycles. The first-order valence-corrected chi connectivity index (χ1v) is 4.96. The summed E-state index contributed by atoms with van der Waals surface area (Å²) >= 11 is 0. The molecule has 0 fully saturated rings. The fourth-order valence-electron chi connectivity index (χ4n) is 1.65. The molecule has 15 heavy (non-hydrogen) atoms. The summed E-state index contributed by atoms with van der Waals surface area (Å²) in [4.78, 5) is 0. The molecule has 4 heteroatoms. The molecular weight excluding hydrogens is 190 g/mol. The fourth-order valence-corrected chi connectivity index (χ4v) is 1.65. The molecule has 4 nitrogen and oxygen atoms in total. The van der Waals surface area contributed by atoms with Crippen LogP contribution in [0.4, 0.5) is 0 Å². The Morgan fingerprint density at radius 3 is 2.73 bits per heavy atom. The van der Waals surface area contributed by atoms with Gasteiger partial charge >= 0.3 is 0 Å². The van der Waals surface area contributed by atoms with Crippen LogP contribution < -0.4 is 0 Å². The number of rotatable bonds is 2. The Kier molecular flexibility index (Phi) is 2.78. The number of nitrogens with zero attached hydrogens (tertiary/aromatic N) is 3. The molecule has 0 spiro atoms. The van der Waals surface area contributed by atoms with Crippen LogP contribution >= 0.6 is 0 Å². The molecule has 1 aliphatic rings. The van der Waals surface area contributed by atoms with E-state index in [0.29, 0.717) is 0 Å². The van der Waals surface area contributed by atoms with Crippen molar-refractivity contribution in [1.82, 2.24) is 5.06 Å². The van der Waals surface area contributed by atoms with Crippen LogP contribution in [-0.4, -0.2) is 28.4 Å². The predicted molar refractivity (Wildman–Crippen MR) is 59.2 cm³/mol. The van der Waals surface area contributed by atoms with Gasteiger partial charge in [-0.15, -0.1) is 5.10 Å². The summed E-state index contributed by atoms with van der Waals surface area (Å²) in [6.07, 6.45) is 2.12. The van der Waals surface area contributed by atoms with Crippen molar-refractivity contribution >= 4 is 12.1 Å². The second-order valence-corrected chi connectivity index (χ2v) is 3.39. The van der Waals surface area contributed by atoms with Crippen molar-refractivity contribution in [1.29, 1.82) is 0 Å². The zero-order valence-corrected chi connectivity index (χ0v) is 8.54. The maximum absolute atomic E-state index is 9.60. The number of hydrogen-bond acceptors (Lipinski definition) is 4. The van der Waals surface area contributed by atoms with Crippen LogP contribution in [0.5, 0.6) is 0 Å². The molecule has 1 aromatic rings. The number of benzene rings is 1. The molecule has 1 heterocycles. The molecular formula is C11H13N3O. The van der Waals surface area contributed by atoms with E-state index < -0.39 is 0 Å². The van der Waals surface area contributed by atoms with E-state index in [1.807, 2.05) is 37.3 Å². The Bertz CT molecular complexity index is 386. The minimum absolute atomic E-state index is 0.107. The quantitative estimate of drug-likeness (QED) is 0.798. The summed E-state index contributed by atoms with van der Waals surface area (Å²) < 4.78 is 0. The Hall–Kier alpha value is -1.68. The van der Waals surface area contributed by atoms with Gasteiger partial charge in [-0.3, -0.25) is 5.21 Å². The number of hydroxylamine groups is 2. The van der Waals surface area contributed by atoms with E-state index in [0.717, 1.165) is 22.8 Å². The lowest BCUT2D eigenvalue weighted by atomic mass is 10.0. The van der Waals surface area contributed by atoms with Crippen LogP contribution in [0, 0.1) is 0 Å². The molecule has 78 valence electrons. The molecule has 0 amide bonds. The van der Waals surface area contributed by atoms with Gasteiger partial charge in [0.1, 0.15) is 12.4 Å². The normalized spacial score (nSPS) is 20.3. The van der Waals surface area contributed by atoms with Crippen LogP contribution in [-0.2, 0) is 0 Å². The molecule has 1 aromatic carbocycles. The van der Waals surface area contributed by atoms with Crippen molar-refractivity contribution in [3.05, 3.63) is 35.9 Å². The molecule has 0 aliphatic carbocycles. The van der Waals surface area contributed by atoms with E-state index in [9.17, 15) is 5.21 Å². The van der Waals surface area contributed by atoms with Crippen LogP contribution in [0.15, 0.2) is 40.5 Å². The maximum atomic E-state index is 9.60. The van der Waals surface area contributed by atoms with Gasteiger partial charge in [0.25, 0.3) is 0 Å². The molecule has 0 saturated heterocycles. The zero-order chi connectivity index (χ0) is 10.7. The summed E-state index contributed by atoms with van der Waals surface area (Å²) in [5, 5.41) is 18.6. The van der Waals surface area contributed by atoms with E-state index in [2.05, 4.69) is 10.2 Å². The van der Waals surface area contributed by atoms with Crippen LogP contribution in [0.25, 0.3) is 0 Å². The molecule has 0 saturated carbocycles. The van der Waals surface area contributed by atoms with E-state index in [1.165, 1.54) is 6.34 Å². The third-order valence-electron chi connectivity index (χ3n) is 2.43. The Morgan fingerprint density at radius 1 is 1.33 bits per heavy atom. The standard InChI is InChI=1S/C11H13N3O/c1-2-10-11(13-12-8-14(10)15)9-6-4-3-5-7-9/h3-8,10,15H,2H2,1H3/t10-/m1/s1. The van der Waals surface area contributed by atoms with Gasteiger partial charge in [-0.25, -0.2) is 5.06 Å². The minimum Gasteiger partial charge on any atom is -0.287 e. The van der Waals surface area contributed by atoms with E-state index in [-0.39, 0.29) is 6.04 Å². The topological polar surface area (TPSA) is 48.2 Å². The monoisotopic (exact) mass is 203 g/mol. The molecule has 0 radical (unpaired) electrons. The molecule has 0 aromatic heterocycles. The van der Waals surface area contributed by atoms with Crippen molar-refractivity contribution in [2.24, 2.45) is 10.2 Å². The smallest absolute Gasteiger partial charge is 0.139 e. The average molecular weight is 203 g/mol. The van der Waals surface area contributed by atoms with Crippen molar-refractivity contribution < 1.29 is 5.21 Å². The lowest BCUT2D eigenvalue weighted by Crippen LogP contribution is -2.40. The second-order valence-electron chi connectivity index (χ2n) is 3.39. The third kappa shape index (κ3) is 1.89. The molecule has 0 unspecified atom stereocenters. The first kappa shape index (κ1) is 9.86. The Labute approximate surface area is 88.5 Å². The summed E-state index contributed by atoms with van der Waals surface area (Å²) in [7, 11) is 0. The first-order valence-electron chi connectivity index (χ1n) is 4.96. The Morgan fingerprint density at radius 2 is 2.07 bits per heavy atom. The summed E-state index contributed by atoms with van der Waals surface area (Å²) in [6, 6.07) is 9.68. The summed E-state index contributed by atoms with van der Waals surface area (Å²) in [5.74, 6) is 0. The van der Waals surface area contributed by atoms with Gasteiger partial charge in [-0.1, -0.05) is 37.3 Å². The van der Waals surface area contributed by atoms with Gasteiger partial charge in [-0.05, 0) is 6.42 Å².